The summed E-state index contributed by atoms with van der Waals surface area (Å²) in [5, 5.41) is 4.01. The maximum Gasteiger partial charge on any atom is 0.214 e. The highest BCUT2D eigenvalue weighted by atomic mass is 16.5. The van der Waals surface area contributed by atoms with E-state index in [0.717, 1.165) is 0 Å². The van der Waals surface area contributed by atoms with Gasteiger partial charge in [0.25, 0.3) is 0 Å². The Morgan fingerprint density at radius 3 is 2.39 bits per heavy atom. The van der Waals surface area contributed by atoms with E-state index in [1.165, 1.54) is 18.0 Å². The quantitative estimate of drug-likeness (QED) is 0.770. The van der Waals surface area contributed by atoms with Gasteiger partial charge in [-0.25, -0.2) is 0 Å². The molecule has 0 radical (unpaired) electrons. The Bertz CT molecular complexity index is 558. The zero-order chi connectivity index (χ0) is 13.1. The minimum Gasteiger partial charge on any atom is -0.497 e. The van der Waals surface area contributed by atoms with Crippen molar-refractivity contribution in [2.24, 2.45) is 7.05 Å². The molecular weight excluding hydrogens is 232 g/mol. The van der Waals surface area contributed by atoms with E-state index in [1.54, 1.807) is 38.4 Å². The van der Waals surface area contributed by atoms with Crippen molar-refractivity contribution in [1.82, 2.24) is 9.78 Å². The van der Waals surface area contributed by atoms with E-state index in [1.807, 2.05) is 0 Å². The van der Waals surface area contributed by atoms with Gasteiger partial charge < -0.3 is 9.47 Å². The van der Waals surface area contributed by atoms with E-state index in [9.17, 15) is 4.79 Å². The van der Waals surface area contributed by atoms with Crippen LogP contribution in [0.5, 0.6) is 11.5 Å². The minimum atomic E-state index is -0.130. The smallest absolute Gasteiger partial charge is 0.214 e. The summed E-state index contributed by atoms with van der Waals surface area (Å²) in [7, 11) is 4.81. The molecule has 1 heterocycles. The Kier molecular flexibility index (Phi) is 3.32. The lowest BCUT2D eigenvalue weighted by molar-refractivity contribution is 0.102. The predicted molar refractivity (Wildman–Crippen MR) is 66.2 cm³/mol. The van der Waals surface area contributed by atoms with Gasteiger partial charge in [0.05, 0.1) is 20.4 Å². The van der Waals surface area contributed by atoms with Gasteiger partial charge in [0.2, 0.25) is 5.78 Å². The first-order chi connectivity index (χ1) is 8.67. The Morgan fingerprint density at radius 2 is 1.83 bits per heavy atom. The summed E-state index contributed by atoms with van der Waals surface area (Å²) in [6.45, 7) is 0. The van der Waals surface area contributed by atoms with E-state index < -0.39 is 0 Å². The van der Waals surface area contributed by atoms with Crippen LogP contribution >= 0.6 is 0 Å². The van der Waals surface area contributed by atoms with Crippen LogP contribution in [0.3, 0.4) is 0 Å². The third-order valence-electron chi connectivity index (χ3n) is 2.69. The summed E-state index contributed by atoms with van der Waals surface area (Å²) >= 11 is 0. The molecule has 0 amide bonds. The third-order valence-corrected chi connectivity index (χ3v) is 2.69. The maximum atomic E-state index is 12.3. The number of hydrogen-bond acceptors (Lipinski definition) is 4. The topological polar surface area (TPSA) is 53.4 Å². The van der Waals surface area contributed by atoms with Gasteiger partial charge in [0.15, 0.2) is 11.4 Å². The molecule has 5 nitrogen and oxygen atoms in total. The maximum absolute atomic E-state index is 12.3. The molecule has 2 aromatic rings. The fraction of sp³-hybridized carbons (Fsp3) is 0.231. The van der Waals surface area contributed by atoms with Crippen molar-refractivity contribution in [1.29, 1.82) is 0 Å². The molecule has 5 heteroatoms. The lowest BCUT2D eigenvalue weighted by Gasteiger charge is -2.05. The first-order valence-electron chi connectivity index (χ1n) is 5.42. The highest BCUT2D eigenvalue weighted by molar-refractivity contribution is 6.09. The summed E-state index contributed by atoms with van der Waals surface area (Å²) in [6, 6.07) is 6.92. The molecule has 0 atom stereocenters. The number of aryl methyl sites for hydroxylation is 1. The fourth-order valence-corrected chi connectivity index (χ4v) is 1.70. The number of nitrogens with zero attached hydrogens (tertiary/aromatic N) is 2. The summed E-state index contributed by atoms with van der Waals surface area (Å²) in [6.07, 6.45) is 1.52. The molecule has 2 rings (SSSR count). The largest absolute Gasteiger partial charge is 0.497 e. The number of hydrogen-bond donors (Lipinski definition) is 0. The van der Waals surface area contributed by atoms with Crippen LogP contribution in [0.15, 0.2) is 30.5 Å². The van der Waals surface area contributed by atoms with Gasteiger partial charge in [-0.05, 0) is 24.3 Å². The van der Waals surface area contributed by atoms with E-state index in [-0.39, 0.29) is 5.78 Å². The molecule has 0 saturated carbocycles. The second kappa shape index (κ2) is 4.91. The molecule has 0 bridgehead atoms. The van der Waals surface area contributed by atoms with Gasteiger partial charge in [0, 0.05) is 12.6 Å². The van der Waals surface area contributed by atoms with Gasteiger partial charge in [-0.1, -0.05) is 0 Å². The Morgan fingerprint density at radius 1 is 1.17 bits per heavy atom. The lowest BCUT2D eigenvalue weighted by Crippen LogP contribution is -2.09. The van der Waals surface area contributed by atoms with Crippen molar-refractivity contribution < 1.29 is 14.3 Å². The number of aromatic nitrogens is 2. The molecule has 0 aliphatic carbocycles. The van der Waals surface area contributed by atoms with Crippen molar-refractivity contribution >= 4 is 5.78 Å². The molecule has 0 aliphatic heterocycles. The highest BCUT2D eigenvalue weighted by Crippen LogP contribution is 2.21. The van der Waals surface area contributed by atoms with Crippen molar-refractivity contribution in [3.8, 4) is 11.5 Å². The molecule has 1 aromatic heterocycles. The Balaban J connectivity index is 2.38. The van der Waals surface area contributed by atoms with Crippen LogP contribution in [-0.2, 0) is 7.05 Å². The van der Waals surface area contributed by atoms with E-state index in [2.05, 4.69) is 5.10 Å². The molecular formula is C13H14N2O3. The molecule has 0 spiro atoms. The van der Waals surface area contributed by atoms with Crippen molar-refractivity contribution in [3.63, 3.8) is 0 Å². The molecule has 18 heavy (non-hydrogen) atoms. The van der Waals surface area contributed by atoms with Crippen LogP contribution in [0.1, 0.15) is 16.1 Å². The second-order valence-corrected chi connectivity index (χ2v) is 3.74. The van der Waals surface area contributed by atoms with Crippen molar-refractivity contribution in [3.05, 3.63) is 41.7 Å². The molecule has 94 valence electrons. The summed E-state index contributed by atoms with van der Waals surface area (Å²) in [5.74, 6) is 1.05. The Labute approximate surface area is 105 Å². The number of carbonyl (C=O) groups is 1. The number of ketones is 1. The molecule has 0 N–H and O–H groups in total. The zero-order valence-electron chi connectivity index (χ0n) is 10.5. The molecule has 0 saturated heterocycles. The van der Waals surface area contributed by atoms with Crippen LogP contribution in [0.25, 0.3) is 0 Å². The van der Waals surface area contributed by atoms with Crippen molar-refractivity contribution in [2.75, 3.05) is 14.2 Å². The molecule has 0 aliphatic rings. The van der Waals surface area contributed by atoms with Crippen LogP contribution in [0, 0.1) is 0 Å². The highest BCUT2D eigenvalue weighted by Gasteiger charge is 2.19. The first-order valence-corrected chi connectivity index (χ1v) is 5.42. The molecule has 0 fully saturated rings. The number of rotatable bonds is 4. The van der Waals surface area contributed by atoms with Crippen LogP contribution in [0.2, 0.25) is 0 Å². The summed E-state index contributed by atoms with van der Waals surface area (Å²) in [4.78, 5) is 12.3. The van der Waals surface area contributed by atoms with E-state index in [0.29, 0.717) is 22.8 Å². The number of benzene rings is 1. The fourth-order valence-electron chi connectivity index (χ4n) is 1.70. The summed E-state index contributed by atoms with van der Waals surface area (Å²) < 4.78 is 11.7. The average molecular weight is 246 g/mol. The standard InChI is InChI=1S/C13H14N2O3/c1-15-12(11(18-3)8-14-15)13(16)9-4-6-10(17-2)7-5-9/h4-8H,1-3H3. The van der Waals surface area contributed by atoms with E-state index in [4.69, 9.17) is 9.47 Å². The molecule has 1 aromatic carbocycles. The SMILES string of the molecule is COc1ccc(C(=O)c2c(OC)cnn2C)cc1. The predicted octanol–water partition coefficient (Wildman–Crippen LogP) is 1.67. The Hall–Kier alpha value is -2.30. The number of methoxy groups -OCH3 is 2. The third kappa shape index (κ3) is 2.07. The van der Waals surface area contributed by atoms with Gasteiger partial charge in [-0.15, -0.1) is 0 Å². The van der Waals surface area contributed by atoms with Crippen LogP contribution in [0.4, 0.5) is 0 Å². The minimum absolute atomic E-state index is 0.130. The van der Waals surface area contributed by atoms with Crippen LogP contribution < -0.4 is 9.47 Å². The number of carbonyl (C=O) groups excluding carboxylic acids is 1. The summed E-state index contributed by atoms with van der Waals surface area (Å²) in [5.41, 5.74) is 1.00. The van der Waals surface area contributed by atoms with Gasteiger partial charge in [0.1, 0.15) is 5.75 Å². The van der Waals surface area contributed by atoms with Crippen LogP contribution in [-0.4, -0.2) is 29.8 Å². The molecule has 0 unspecified atom stereocenters. The van der Waals surface area contributed by atoms with Gasteiger partial charge in [-0.2, -0.15) is 5.10 Å². The van der Waals surface area contributed by atoms with E-state index >= 15 is 0 Å². The monoisotopic (exact) mass is 246 g/mol. The van der Waals surface area contributed by atoms with Crippen molar-refractivity contribution in [2.45, 2.75) is 0 Å². The number of ether oxygens (including phenoxy) is 2. The zero-order valence-corrected chi connectivity index (χ0v) is 10.5. The average Bonchev–Trinajstić information content (AvgIpc) is 2.79. The second-order valence-electron chi connectivity index (χ2n) is 3.74. The van der Waals surface area contributed by atoms with Gasteiger partial charge in [-0.3, -0.25) is 9.48 Å². The first kappa shape index (κ1) is 12.2. The van der Waals surface area contributed by atoms with Gasteiger partial charge >= 0.3 is 0 Å². The normalized spacial score (nSPS) is 10.2. The lowest BCUT2D eigenvalue weighted by atomic mass is 10.1.